The summed E-state index contributed by atoms with van der Waals surface area (Å²) < 4.78 is 149. The summed E-state index contributed by atoms with van der Waals surface area (Å²) in [6, 6.07) is 12.8. The molecule has 314 valence electrons. The van der Waals surface area contributed by atoms with Gasteiger partial charge in [0.05, 0.1) is 35.4 Å². The Kier molecular flexibility index (Phi) is 11.0. The first-order valence-corrected chi connectivity index (χ1v) is 21.7. The van der Waals surface area contributed by atoms with E-state index in [2.05, 4.69) is 20.5 Å². The van der Waals surface area contributed by atoms with Crippen LogP contribution in [0.15, 0.2) is 113 Å². The van der Waals surface area contributed by atoms with Crippen LogP contribution in [0, 0.1) is 0 Å². The van der Waals surface area contributed by atoms with E-state index in [1.807, 2.05) is 0 Å². The monoisotopic (exact) mass is 900 g/mol. The molecule has 0 saturated carbocycles. The Morgan fingerprint density at radius 1 is 0.533 bits per heavy atom. The number of rotatable bonds is 11. The number of methoxy groups -OCH3 is 2. The average Bonchev–Trinajstić information content (AvgIpc) is 3.14. The highest BCUT2D eigenvalue weighted by Crippen LogP contribution is 2.46. The number of fused-ring (bicyclic) bond motifs is 2. The molecule has 0 atom stereocenters. The quantitative estimate of drug-likeness (QED) is 0.0806. The zero-order valence-electron chi connectivity index (χ0n) is 30.1. The maximum Gasteiger partial charge on any atom is 0.296 e. The third kappa shape index (κ3) is 8.33. The van der Waals surface area contributed by atoms with E-state index in [1.165, 1.54) is 50.6 Å². The summed E-state index contributed by atoms with van der Waals surface area (Å²) in [4.78, 5) is -3.85. The number of anilines is 2. The van der Waals surface area contributed by atoms with Gasteiger partial charge in [-0.05, 0) is 93.3 Å². The number of nitrogen functional groups attached to an aromatic ring is 2. The van der Waals surface area contributed by atoms with E-state index in [-0.39, 0.29) is 33.6 Å². The molecule has 0 unspecified atom stereocenters. The smallest absolute Gasteiger partial charge is 0.296 e. The van der Waals surface area contributed by atoms with E-state index in [0.29, 0.717) is 47.5 Å². The molecule has 6 aromatic rings. The highest BCUT2D eigenvalue weighted by Gasteiger charge is 2.23. The van der Waals surface area contributed by atoms with Crippen molar-refractivity contribution in [3.8, 4) is 34.1 Å². The third-order valence-electron chi connectivity index (χ3n) is 8.61. The summed E-state index contributed by atoms with van der Waals surface area (Å²) in [7, 11) is -18.1. The molecule has 0 aromatic heterocycles. The van der Waals surface area contributed by atoms with E-state index in [0.717, 1.165) is 0 Å². The molecule has 0 saturated heterocycles. The van der Waals surface area contributed by atoms with Crippen molar-refractivity contribution in [3.05, 3.63) is 72.8 Å². The molecule has 6 aromatic carbocycles. The van der Waals surface area contributed by atoms with Crippen molar-refractivity contribution in [2.24, 2.45) is 20.5 Å². The highest BCUT2D eigenvalue weighted by atomic mass is 32.2. The Hall–Kier alpha value is -6.52. The minimum atomic E-state index is -5.20. The molecule has 0 fully saturated rings. The van der Waals surface area contributed by atoms with Gasteiger partial charge < -0.3 is 40.3 Å². The van der Waals surface area contributed by atoms with Crippen LogP contribution in [0.5, 0.6) is 23.0 Å². The molecule has 0 aliphatic carbocycles. The molecule has 0 aliphatic heterocycles. The van der Waals surface area contributed by atoms with Crippen LogP contribution in [0.3, 0.4) is 0 Å². The fourth-order valence-corrected chi connectivity index (χ4v) is 8.30. The minimum absolute atomic E-state index is 0.0155. The van der Waals surface area contributed by atoms with Crippen LogP contribution in [0.1, 0.15) is 0 Å². The molecule has 26 heteroatoms. The van der Waals surface area contributed by atoms with Gasteiger partial charge in [-0.2, -0.15) is 16.8 Å². The summed E-state index contributed by atoms with van der Waals surface area (Å²) >= 11 is 0. The van der Waals surface area contributed by atoms with Crippen LogP contribution in [-0.4, -0.2) is 66.1 Å². The zero-order chi connectivity index (χ0) is 44.3. The molecule has 0 spiro atoms. The Bertz CT molecular complexity index is 3120. The van der Waals surface area contributed by atoms with Gasteiger partial charge in [0.15, 0.2) is 0 Å². The van der Waals surface area contributed by atoms with E-state index in [4.69, 9.17) is 20.9 Å². The molecule has 0 radical (unpaired) electrons. The van der Waals surface area contributed by atoms with Crippen LogP contribution in [0.4, 0.5) is 34.1 Å². The number of benzene rings is 6. The first-order chi connectivity index (χ1) is 27.8. The second-order valence-electron chi connectivity index (χ2n) is 12.4. The molecular weight excluding hydrogens is 877 g/mol. The number of hydrogen-bond donors (Lipinski definition) is 4. The minimum Gasteiger partial charge on any atom is -0.870 e. The second-order valence-corrected chi connectivity index (χ2v) is 17.9. The van der Waals surface area contributed by atoms with Crippen molar-refractivity contribution in [2.45, 2.75) is 19.6 Å². The maximum absolute atomic E-state index is 13.4. The number of azo groups is 2. The number of ether oxygens (including phenoxy) is 2. The normalized spacial score (nSPS) is 12.8. The van der Waals surface area contributed by atoms with Crippen LogP contribution < -0.4 is 31.2 Å². The molecule has 0 aliphatic rings. The van der Waals surface area contributed by atoms with Gasteiger partial charge in [0.1, 0.15) is 52.9 Å². The number of nitrogens with two attached hydrogens (primary N) is 2. The summed E-state index contributed by atoms with van der Waals surface area (Å²) in [5, 5.41) is 40.6. The van der Waals surface area contributed by atoms with Gasteiger partial charge in [-0.25, -0.2) is 16.8 Å². The topological polar surface area (TPSA) is 389 Å². The molecule has 6 rings (SSSR count). The van der Waals surface area contributed by atoms with Crippen molar-refractivity contribution in [1.29, 1.82) is 0 Å². The lowest BCUT2D eigenvalue weighted by molar-refractivity contribution is -0.265. The predicted molar refractivity (Wildman–Crippen MR) is 205 cm³/mol. The van der Waals surface area contributed by atoms with Crippen molar-refractivity contribution in [1.82, 2.24) is 0 Å². The standard InChI is InChI=1S/C34H28N6O16S4/c1-55-25-9-15(3-5-23(25)37-39-31-27(59(49,50)51)11-17-7-19(57(43,44)45)13-21(35)29(17)33(31)41)16-4-6-24(26(10-16)56-2)38-40-32-28(60(52,53)54)12-18-8-20(58(46,47)48)14-22(36)30(18)34(32)42/h3-14,41-42H,35-36H2,1-2H3,(H,43,44,45)(H,46,47,48)(H,49,50,51)(H,52,53,54)/p-4. The Labute approximate surface area is 339 Å². The summed E-state index contributed by atoms with van der Waals surface area (Å²) in [6.45, 7) is 0. The van der Waals surface area contributed by atoms with Crippen molar-refractivity contribution in [2.75, 3.05) is 25.7 Å². The van der Waals surface area contributed by atoms with Gasteiger partial charge >= 0.3 is 0 Å². The lowest BCUT2D eigenvalue weighted by atomic mass is 10.0. The summed E-state index contributed by atoms with van der Waals surface area (Å²) in [5.74, 6) is -2.31. The molecule has 0 heterocycles. The number of nitrogens with zero attached hydrogens (tertiary/aromatic N) is 4. The SMILES string of the molecule is COc1cc(-c2ccc(N=Nc3c(S(=O)(=O)O)cc4cc(S(=O)(=O)[O-])cc(N)c4c3[O-])c(OC)c2)ccc1N=Nc1c(S(=O)(=O)O)cc2cc(S(=O)(=O)[O-])cc(N)c2c1[O-]. The number of hydrogen-bond acceptors (Lipinski definition) is 20. The van der Waals surface area contributed by atoms with Gasteiger partial charge in [0, 0.05) is 11.4 Å². The fourth-order valence-electron chi connectivity index (χ4n) is 5.91. The van der Waals surface area contributed by atoms with Crippen molar-refractivity contribution in [3.63, 3.8) is 0 Å². The zero-order valence-corrected chi connectivity index (χ0v) is 33.4. The van der Waals surface area contributed by atoms with E-state index in [1.54, 1.807) is 0 Å². The molecule has 60 heavy (non-hydrogen) atoms. The Balaban J connectivity index is 1.38. The van der Waals surface area contributed by atoms with Crippen molar-refractivity contribution >= 4 is 96.1 Å². The third-order valence-corrected chi connectivity index (χ3v) is 12.0. The Morgan fingerprint density at radius 2 is 0.883 bits per heavy atom. The maximum atomic E-state index is 13.4. The first-order valence-electron chi connectivity index (χ1n) is 16.0. The molecular formula is C34H24N6O16S4-4. The first kappa shape index (κ1) is 43.1. The molecule has 0 bridgehead atoms. The van der Waals surface area contributed by atoms with E-state index in [9.17, 15) is 62.1 Å². The highest BCUT2D eigenvalue weighted by molar-refractivity contribution is 7.86. The second kappa shape index (κ2) is 15.3. The van der Waals surface area contributed by atoms with Crippen LogP contribution in [0.25, 0.3) is 32.7 Å². The van der Waals surface area contributed by atoms with Crippen molar-refractivity contribution < 1.29 is 71.6 Å². The van der Waals surface area contributed by atoms with Gasteiger partial charge in [0.25, 0.3) is 20.2 Å². The fraction of sp³-hybridized carbons (Fsp3) is 0.0588. The van der Waals surface area contributed by atoms with Gasteiger partial charge in [0.2, 0.25) is 0 Å². The largest absolute Gasteiger partial charge is 0.870 e. The molecule has 6 N–H and O–H groups in total. The van der Waals surface area contributed by atoms with Crippen LogP contribution in [-0.2, 0) is 40.5 Å². The lowest BCUT2D eigenvalue weighted by Crippen LogP contribution is -2.05. The predicted octanol–water partition coefficient (Wildman–Crippen LogP) is 4.12. The van der Waals surface area contributed by atoms with Crippen LogP contribution in [0.2, 0.25) is 0 Å². The van der Waals surface area contributed by atoms with Gasteiger partial charge in [-0.15, -0.1) is 20.5 Å². The van der Waals surface area contributed by atoms with Gasteiger partial charge in [-0.3, -0.25) is 9.11 Å². The van der Waals surface area contributed by atoms with E-state index >= 15 is 0 Å². The van der Waals surface area contributed by atoms with Crippen LogP contribution >= 0.6 is 0 Å². The average molecular weight is 901 g/mol. The summed E-state index contributed by atoms with van der Waals surface area (Å²) in [5.41, 5.74) is 9.62. The summed E-state index contributed by atoms with van der Waals surface area (Å²) in [6.07, 6.45) is 0. The molecule has 0 amide bonds. The lowest BCUT2D eigenvalue weighted by Gasteiger charge is -2.19. The van der Waals surface area contributed by atoms with Gasteiger partial charge in [-0.1, -0.05) is 23.6 Å². The Morgan fingerprint density at radius 3 is 1.18 bits per heavy atom. The van der Waals surface area contributed by atoms with E-state index < -0.39 is 105 Å². The molecule has 22 nitrogen and oxygen atoms in total.